The zero-order chi connectivity index (χ0) is 14.4. The number of rotatable bonds is 3. The van der Waals surface area contributed by atoms with E-state index in [2.05, 4.69) is 15.5 Å². The summed E-state index contributed by atoms with van der Waals surface area (Å²) in [6.07, 6.45) is 8.17. The van der Waals surface area contributed by atoms with Gasteiger partial charge in [0, 0.05) is 6.54 Å². The predicted octanol–water partition coefficient (Wildman–Crippen LogP) is 3.08. The van der Waals surface area contributed by atoms with Crippen molar-refractivity contribution in [3.05, 3.63) is 23.0 Å². The summed E-state index contributed by atoms with van der Waals surface area (Å²) in [5.41, 5.74) is 0.702. The third kappa shape index (κ3) is 2.54. The minimum atomic E-state index is -0.130. The van der Waals surface area contributed by atoms with Crippen molar-refractivity contribution in [3.63, 3.8) is 0 Å². The Bertz CT molecular complexity index is 522. The van der Waals surface area contributed by atoms with Crippen LogP contribution >= 0.6 is 11.6 Å². The molecule has 1 heterocycles. The van der Waals surface area contributed by atoms with E-state index in [1.807, 2.05) is 0 Å². The first-order valence-electron chi connectivity index (χ1n) is 7.89. The second-order valence-corrected chi connectivity index (χ2v) is 7.73. The molecule has 1 aromatic heterocycles. The van der Waals surface area contributed by atoms with E-state index in [0.717, 1.165) is 24.3 Å². The normalized spacial score (nSPS) is 36.7. The van der Waals surface area contributed by atoms with Gasteiger partial charge in [-0.3, -0.25) is 4.79 Å². The Morgan fingerprint density at radius 2 is 1.76 bits per heavy atom. The van der Waals surface area contributed by atoms with Crippen molar-refractivity contribution in [2.45, 2.75) is 38.5 Å². The third-order valence-electron chi connectivity index (χ3n) is 5.65. The SMILES string of the molecule is O=C(NCC12CC3CC(CC(C3)C1)C2)c1ccc(Cl)nn1. The van der Waals surface area contributed by atoms with E-state index >= 15 is 0 Å². The molecule has 4 aliphatic rings. The maximum Gasteiger partial charge on any atom is 0.271 e. The number of amides is 1. The van der Waals surface area contributed by atoms with Crippen LogP contribution in [-0.2, 0) is 0 Å². The van der Waals surface area contributed by atoms with Gasteiger partial charge in [-0.15, -0.1) is 10.2 Å². The van der Waals surface area contributed by atoms with Crippen molar-refractivity contribution < 1.29 is 4.79 Å². The van der Waals surface area contributed by atoms with E-state index in [1.165, 1.54) is 38.5 Å². The molecule has 0 saturated heterocycles. The molecule has 5 rings (SSSR count). The smallest absolute Gasteiger partial charge is 0.271 e. The van der Waals surface area contributed by atoms with Gasteiger partial charge in [-0.05, 0) is 73.8 Å². The summed E-state index contributed by atoms with van der Waals surface area (Å²) in [5, 5.41) is 11.0. The Morgan fingerprint density at radius 3 is 2.29 bits per heavy atom. The van der Waals surface area contributed by atoms with E-state index in [4.69, 9.17) is 11.6 Å². The predicted molar refractivity (Wildman–Crippen MR) is 80.0 cm³/mol. The van der Waals surface area contributed by atoms with Gasteiger partial charge in [-0.2, -0.15) is 0 Å². The highest BCUT2D eigenvalue weighted by molar-refractivity contribution is 6.29. The highest BCUT2D eigenvalue weighted by Gasteiger charge is 2.50. The molecule has 1 amide bonds. The Balaban J connectivity index is 1.42. The number of nitrogens with zero attached hydrogens (tertiary/aromatic N) is 2. The van der Waals surface area contributed by atoms with E-state index < -0.39 is 0 Å². The molecule has 4 nitrogen and oxygen atoms in total. The molecule has 5 heteroatoms. The van der Waals surface area contributed by atoms with Crippen LogP contribution in [0.25, 0.3) is 0 Å². The van der Waals surface area contributed by atoms with E-state index in [-0.39, 0.29) is 5.91 Å². The first-order chi connectivity index (χ1) is 10.1. The number of carbonyl (C=O) groups is 1. The van der Waals surface area contributed by atoms with Crippen LogP contribution in [0.15, 0.2) is 12.1 Å². The van der Waals surface area contributed by atoms with Crippen molar-refractivity contribution in [3.8, 4) is 0 Å². The standard InChI is InChI=1S/C16H20ClN3O/c17-14-2-1-13(19-20-14)15(21)18-9-16-6-10-3-11(7-16)5-12(4-10)8-16/h1-2,10-12H,3-9H2,(H,18,21). The van der Waals surface area contributed by atoms with Crippen LogP contribution in [0.3, 0.4) is 0 Å². The zero-order valence-electron chi connectivity index (χ0n) is 12.0. The maximum atomic E-state index is 12.2. The monoisotopic (exact) mass is 305 g/mol. The summed E-state index contributed by atoms with van der Waals surface area (Å²) in [4.78, 5) is 12.2. The summed E-state index contributed by atoms with van der Waals surface area (Å²) >= 11 is 5.70. The van der Waals surface area contributed by atoms with Crippen molar-refractivity contribution >= 4 is 17.5 Å². The first kappa shape index (κ1) is 13.5. The lowest BCUT2D eigenvalue weighted by atomic mass is 9.49. The number of nitrogens with one attached hydrogen (secondary N) is 1. The van der Waals surface area contributed by atoms with Crippen molar-refractivity contribution in [1.29, 1.82) is 0 Å². The van der Waals surface area contributed by atoms with E-state index in [1.54, 1.807) is 12.1 Å². The number of hydrogen-bond acceptors (Lipinski definition) is 3. The Labute approximate surface area is 129 Å². The van der Waals surface area contributed by atoms with Crippen molar-refractivity contribution in [1.82, 2.24) is 15.5 Å². The molecule has 1 N–H and O–H groups in total. The van der Waals surface area contributed by atoms with Crippen LogP contribution in [0.1, 0.15) is 49.0 Å². The second kappa shape index (κ2) is 4.94. The van der Waals surface area contributed by atoms with Crippen LogP contribution in [0.2, 0.25) is 5.15 Å². The van der Waals surface area contributed by atoms with Crippen molar-refractivity contribution in [2.75, 3.05) is 6.54 Å². The van der Waals surface area contributed by atoms with Gasteiger partial charge in [0.05, 0.1) is 0 Å². The molecule has 0 spiro atoms. The van der Waals surface area contributed by atoms with Gasteiger partial charge < -0.3 is 5.32 Å². The van der Waals surface area contributed by atoms with E-state index in [0.29, 0.717) is 16.3 Å². The molecule has 0 aliphatic heterocycles. The lowest BCUT2D eigenvalue weighted by Gasteiger charge is -2.56. The largest absolute Gasteiger partial charge is 0.350 e. The number of hydrogen-bond donors (Lipinski definition) is 1. The summed E-state index contributed by atoms with van der Waals surface area (Å²) in [5.74, 6) is 2.59. The number of carbonyl (C=O) groups excluding carboxylic acids is 1. The van der Waals surface area contributed by atoms with Crippen LogP contribution in [0.5, 0.6) is 0 Å². The quantitative estimate of drug-likeness (QED) is 0.933. The third-order valence-corrected chi connectivity index (χ3v) is 5.86. The minimum Gasteiger partial charge on any atom is -0.350 e. The molecule has 0 radical (unpaired) electrons. The summed E-state index contributed by atoms with van der Waals surface area (Å²) in [7, 11) is 0. The molecule has 112 valence electrons. The van der Waals surface area contributed by atoms with Crippen molar-refractivity contribution in [2.24, 2.45) is 23.2 Å². The molecular formula is C16H20ClN3O. The van der Waals surface area contributed by atoms with E-state index in [9.17, 15) is 4.79 Å². The average Bonchev–Trinajstić information content (AvgIpc) is 2.44. The van der Waals surface area contributed by atoms with Gasteiger partial charge in [0.25, 0.3) is 5.91 Å². The Hall–Kier alpha value is -1.16. The average molecular weight is 306 g/mol. The van der Waals surface area contributed by atoms with Gasteiger partial charge >= 0.3 is 0 Å². The van der Waals surface area contributed by atoms with Gasteiger partial charge in [-0.1, -0.05) is 11.6 Å². The number of halogens is 1. The van der Waals surface area contributed by atoms with Crippen LogP contribution < -0.4 is 5.32 Å². The Kier molecular flexibility index (Phi) is 3.18. The highest BCUT2D eigenvalue weighted by atomic mass is 35.5. The van der Waals surface area contributed by atoms with Crippen LogP contribution in [0.4, 0.5) is 0 Å². The topological polar surface area (TPSA) is 54.9 Å². The molecule has 4 bridgehead atoms. The molecule has 4 aliphatic carbocycles. The minimum absolute atomic E-state index is 0.130. The Morgan fingerprint density at radius 1 is 1.14 bits per heavy atom. The lowest BCUT2D eigenvalue weighted by molar-refractivity contribution is -0.0503. The zero-order valence-corrected chi connectivity index (χ0v) is 12.8. The molecule has 0 unspecified atom stereocenters. The number of aromatic nitrogens is 2. The molecule has 4 fully saturated rings. The highest BCUT2D eigenvalue weighted by Crippen LogP contribution is 2.59. The molecule has 0 aromatic carbocycles. The van der Waals surface area contributed by atoms with Gasteiger partial charge in [-0.25, -0.2) is 0 Å². The lowest BCUT2D eigenvalue weighted by Crippen LogP contribution is -2.51. The summed E-state index contributed by atoms with van der Waals surface area (Å²) in [6.45, 7) is 0.791. The fourth-order valence-corrected chi connectivity index (χ4v) is 5.40. The first-order valence-corrected chi connectivity index (χ1v) is 8.27. The van der Waals surface area contributed by atoms with Crippen LogP contribution in [0, 0.1) is 23.2 Å². The van der Waals surface area contributed by atoms with Gasteiger partial charge in [0.1, 0.15) is 0 Å². The van der Waals surface area contributed by atoms with Gasteiger partial charge in [0.15, 0.2) is 10.8 Å². The molecule has 0 atom stereocenters. The molecule has 1 aromatic rings. The maximum absolute atomic E-state index is 12.2. The molecule has 21 heavy (non-hydrogen) atoms. The fraction of sp³-hybridized carbons (Fsp3) is 0.688. The van der Waals surface area contributed by atoms with Crippen LogP contribution in [-0.4, -0.2) is 22.6 Å². The second-order valence-electron chi connectivity index (χ2n) is 7.34. The fourth-order valence-electron chi connectivity index (χ4n) is 5.30. The molecule has 4 saturated carbocycles. The summed E-state index contributed by atoms with van der Waals surface area (Å²) < 4.78 is 0. The summed E-state index contributed by atoms with van der Waals surface area (Å²) in [6, 6.07) is 3.23. The molecular weight excluding hydrogens is 286 g/mol. The van der Waals surface area contributed by atoms with Gasteiger partial charge in [0.2, 0.25) is 0 Å².